The Morgan fingerprint density at radius 3 is 1.92 bits per heavy atom. The highest BCUT2D eigenvalue weighted by atomic mass is 15.0. The van der Waals surface area contributed by atoms with Crippen molar-refractivity contribution in [1.82, 2.24) is 18.9 Å². The highest BCUT2D eigenvalue weighted by Crippen LogP contribution is 2.35. The summed E-state index contributed by atoms with van der Waals surface area (Å²) < 4.78 is 4.48. The molecule has 0 aliphatic rings. The van der Waals surface area contributed by atoms with Crippen LogP contribution >= 0.6 is 0 Å². The fraction of sp³-hybridized carbons (Fsp3) is 0. The van der Waals surface area contributed by atoms with Crippen molar-refractivity contribution >= 4 is 49.4 Å². The normalized spacial score (nSPS) is 11.9. The molecule has 8 aromatic rings. The Morgan fingerprint density at radius 1 is 0.528 bits per heavy atom. The molecular weight excluding hydrogens is 440 g/mol. The molecule has 4 heteroatoms. The maximum atomic E-state index is 5.12. The average molecular weight is 461 g/mol. The second kappa shape index (κ2) is 7.27. The fourth-order valence-electron chi connectivity index (χ4n) is 5.53. The van der Waals surface area contributed by atoms with Gasteiger partial charge >= 0.3 is 0 Å². The highest BCUT2D eigenvalue weighted by Gasteiger charge is 2.17. The standard InChI is InChI=1S/C32H20N4/c1-4-12-26-25(11-1)31-32(35-20-8-7-15-29(35)34-31)30(33-26)21-16-18-22(19-17-21)36-27-13-5-2-9-23(27)24-10-3-6-14-28(24)36/h1-20H. The third kappa shape index (κ3) is 2.64. The molecule has 4 nitrogen and oxygen atoms in total. The lowest BCUT2D eigenvalue weighted by Crippen LogP contribution is -1.95. The number of fused-ring (bicyclic) bond motifs is 8. The third-order valence-electron chi connectivity index (χ3n) is 7.12. The molecule has 0 aliphatic carbocycles. The Kier molecular flexibility index (Phi) is 3.91. The molecular formula is C32H20N4. The minimum absolute atomic E-state index is 0.925. The van der Waals surface area contributed by atoms with Crippen LogP contribution in [0.5, 0.6) is 0 Å². The SMILES string of the molecule is c1ccc2c(c1)nc(-c1ccc(-n3c4ccccc4c4ccccc43)cc1)c1c2nc2ccccn21. The van der Waals surface area contributed by atoms with Crippen molar-refractivity contribution in [2.24, 2.45) is 0 Å². The molecule has 0 unspecified atom stereocenters. The lowest BCUT2D eigenvalue weighted by molar-refractivity contribution is 1.18. The zero-order valence-electron chi connectivity index (χ0n) is 19.3. The summed E-state index contributed by atoms with van der Waals surface area (Å²) in [5, 5.41) is 3.60. The summed E-state index contributed by atoms with van der Waals surface area (Å²) in [6.07, 6.45) is 2.07. The number of benzene rings is 4. The van der Waals surface area contributed by atoms with Crippen LogP contribution in [0.25, 0.3) is 66.3 Å². The van der Waals surface area contributed by atoms with Crippen LogP contribution in [0.15, 0.2) is 121 Å². The lowest BCUT2D eigenvalue weighted by atomic mass is 10.1. The molecule has 8 rings (SSSR count). The number of para-hydroxylation sites is 3. The van der Waals surface area contributed by atoms with Crippen LogP contribution in [0, 0.1) is 0 Å². The van der Waals surface area contributed by atoms with E-state index in [1.807, 2.05) is 30.3 Å². The number of rotatable bonds is 2. The molecule has 4 heterocycles. The van der Waals surface area contributed by atoms with Gasteiger partial charge in [0.2, 0.25) is 0 Å². The molecule has 168 valence electrons. The predicted molar refractivity (Wildman–Crippen MR) is 148 cm³/mol. The third-order valence-corrected chi connectivity index (χ3v) is 7.12. The molecule has 0 atom stereocenters. The zero-order valence-corrected chi connectivity index (χ0v) is 19.3. The van der Waals surface area contributed by atoms with Gasteiger partial charge in [0.15, 0.2) is 0 Å². The Balaban J connectivity index is 1.38. The Hall–Kier alpha value is -4.96. The van der Waals surface area contributed by atoms with Crippen LogP contribution in [0.3, 0.4) is 0 Å². The van der Waals surface area contributed by atoms with Crippen LogP contribution in [0.2, 0.25) is 0 Å². The largest absolute Gasteiger partial charge is 0.309 e. The number of nitrogens with zero attached hydrogens (tertiary/aromatic N) is 4. The second-order valence-corrected chi connectivity index (χ2v) is 9.13. The summed E-state index contributed by atoms with van der Waals surface area (Å²) in [6.45, 7) is 0. The summed E-state index contributed by atoms with van der Waals surface area (Å²) >= 11 is 0. The minimum atomic E-state index is 0.925. The van der Waals surface area contributed by atoms with Crippen molar-refractivity contribution in [2.45, 2.75) is 0 Å². The van der Waals surface area contributed by atoms with E-state index < -0.39 is 0 Å². The molecule has 4 aromatic carbocycles. The van der Waals surface area contributed by atoms with Crippen LogP contribution in [0.4, 0.5) is 0 Å². The van der Waals surface area contributed by atoms with E-state index in [2.05, 4.69) is 100 Å². The monoisotopic (exact) mass is 460 g/mol. The topological polar surface area (TPSA) is 35.1 Å². The van der Waals surface area contributed by atoms with E-state index in [1.54, 1.807) is 0 Å². The van der Waals surface area contributed by atoms with E-state index >= 15 is 0 Å². The van der Waals surface area contributed by atoms with Crippen LogP contribution in [-0.4, -0.2) is 18.9 Å². The number of pyridine rings is 2. The molecule has 0 radical (unpaired) electrons. The maximum absolute atomic E-state index is 5.12. The number of aromatic nitrogens is 4. The Labute approximate surface area is 206 Å². The van der Waals surface area contributed by atoms with Gasteiger partial charge in [-0.1, -0.05) is 72.8 Å². The summed E-state index contributed by atoms with van der Waals surface area (Å²) in [4.78, 5) is 10.1. The van der Waals surface area contributed by atoms with E-state index in [0.717, 1.165) is 44.5 Å². The smallest absolute Gasteiger partial charge is 0.137 e. The lowest BCUT2D eigenvalue weighted by Gasteiger charge is -2.11. The van der Waals surface area contributed by atoms with Gasteiger partial charge in [0, 0.05) is 33.6 Å². The van der Waals surface area contributed by atoms with Crippen molar-refractivity contribution in [2.75, 3.05) is 0 Å². The maximum Gasteiger partial charge on any atom is 0.137 e. The van der Waals surface area contributed by atoms with Gasteiger partial charge in [0.05, 0.1) is 27.8 Å². The first-order valence-corrected chi connectivity index (χ1v) is 12.1. The molecule has 0 fully saturated rings. The first-order valence-electron chi connectivity index (χ1n) is 12.1. The summed E-state index contributed by atoms with van der Waals surface area (Å²) in [5.41, 5.74) is 9.45. The summed E-state index contributed by atoms with van der Waals surface area (Å²) in [6, 6.07) is 40.3. The molecule has 0 saturated carbocycles. The predicted octanol–water partition coefficient (Wildman–Crippen LogP) is 7.80. The van der Waals surface area contributed by atoms with E-state index in [4.69, 9.17) is 9.97 Å². The van der Waals surface area contributed by atoms with Gasteiger partial charge in [-0.2, -0.15) is 0 Å². The number of imidazole rings is 1. The van der Waals surface area contributed by atoms with Gasteiger partial charge < -0.3 is 4.57 Å². The zero-order chi connectivity index (χ0) is 23.6. The summed E-state index contributed by atoms with van der Waals surface area (Å²) in [7, 11) is 0. The van der Waals surface area contributed by atoms with Gasteiger partial charge in [-0.3, -0.25) is 4.40 Å². The van der Waals surface area contributed by atoms with Gasteiger partial charge in [0.25, 0.3) is 0 Å². The van der Waals surface area contributed by atoms with E-state index in [9.17, 15) is 0 Å². The second-order valence-electron chi connectivity index (χ2n) is 9.13. The van der Waals surface area contributed by atoms with Crippen LogP contribution < -0.4 is 0 Å². The van der Waals surface area contributed by atoms with E-state index in [1.165, 1.54) is 21.8 Å². The molecule has 0 saturated heterocycles. The number of hydrogen-bond acceptors (Lipinski definition) is 2. The van der Waals surface area contributed by atoms with Crippen molar-refractivity contribution in [3.63, 3.8) is 0 Å². The number of hydrogen-bond donors (Lipinski definition) is 0. The molecule has 4 aromatic heterocycles. The van der Waals surface area contributed by atoms with Gasteiger partial charge in [0.1, 0.15) is 11.2 Å². The van der Waals surface area contributed by atoms with Crippen molar-refractivity contribution in [1.29, 1.82) is 0 Å². The molecule has 0 bridgehead atoms. The van der Waals surface area contributed by atoms with Crippen LogP contribution in [-0.2, 0) is 0 Å². The molecule has 36 heavy (non-hydrogen) atoms. The first kappa shape index (κ1) is 19.4. The fourth-order valence-corrected chi connectivity index (χ4v) is 5.53. The molecule has 0 N–H and O–H groups in total. The highest BCUT2D eigenvalue weighted by molar-refractivity contribution is 6.10. The van der Waals surface area contributed by atoms with Gasteiger partial charge in [-0.05, 0) is 42.5 Å². The Bertz CT molecular complexity index is 2040. The van der Waals surface area contributed by atoms with Gasteiger partial charge in [-0.25, -0.2) is 9.97 Å². The molecule has 0 amide bonds. The van der Waals surface area contributed by atoms with E-state index in [0.29, 0.717) is 0 Å². The van der Waals surface area contributed by atoms with Crippen molar-refractivity contribution in [3.05, 3.63) is 121 Å². The van der Waals surface area contributed by atoms with Gasteiger partial charge in [-0.15, -0.1) is 0 Å². The average Bonchev–Trinajstić information content (AvgIpc) is 3.50. The quantitative estimate of drug-likeness (QED) is 0.264. The van der Waals surface area contributed by atoms with Crippen LogP contribution in [0.1, 0.15) is 0 Å². The summed E-state index contributed by atoms with van der Waals surface area (Å²) in [5.74, 6) is 0. The van der Waals surface area contributed by atoms with Crippen molar-refractivity contribution < 1.29 is 0 Å². The minimum Gasteiger partial charge on any atom is -0.309 e. The molecule has 0 spiro atoms. The van der Waals surface area contributed by atoms with E-state index in [-0.39, 0.29) is 0 Å². The Morgan fingerprint density at radius 2 is 1.17 bits per heavy atom. The first-order chi connectivity index (χ1) is 17.9. The molecule has 0 aliphatic heterocycles. The van der Waals surface area contributed by atoms with Crippen molar-refractivity contribution in [3.8, 4) is 16.9 Å².